The Kier molecular flexibility index (Phi) is 16.5. The Morgan fingerprint density at radius 3 is 1.00 bits per heavy atom. The summed E-state index contributed by atoms with van der Waals surface area (Å²) in [4.78, 5) is 1.95. The van der Waals surface area contributed by atoms with E-state index in [-0.39, 0.29) is 0 Å². The molecule has 0 radical (unpaired) electrons. The summed E-state index contributed by atoms with van der Waals surface area (Å²) in [5, 5.41) is 0. The van der Waals surface area contributed by atoms with E-state index in [1.807, 2.05) is 24.3 Å². The molecule has 0 saturated carbocycles. The van der Waals surface area contributed by atoms with Gasteiger partial charge in [-0.05, 0) is 48.6 Å². The molecule has 0 fully saturated rings. The van der Waals surface area contributed by atoms with Gasteiger partial charge in [-0.25, -0.2) is 0 Å². The van der Waals surface area contributed by atoms with Crippen LogP contribution in [0.15, 0.2) is 34.1 Å². The average Bonchev–Trinajstić information content (AvgIpc) is 2.46. The highest BCUT2D eigenvalue weighted by atomic mass is 32.1. The summed E-state index contributed by atoms with van der Waals surface area (Å²) < 4.78 is 0. The van der Waals surface area contributed by atoms with E-state index in [0.29, 0.717) is 0 Å². The summed E-state index contributed by atoms with van der Waals surface area (Å²) >= 11 is 16.6. The maximum atomic E-state index is 4.18. The summed E-state index contributed by atoms with van der Waals surface area (Å²) in [6, 6.07) is 7.63. The van der Waals surface area contributed by atoms with Crippen molar-refractivity contribution in [3.63, 3.8) is 0 Å². The third-order valence-electron chi connectivity index (χ3n) is 2.92. The van der Waals surface area contributed by atoms with Crippen LogP contribution in [0.3, 0.4) is 0 Å². The van der Waals surface area contributed by atoms with E-state index in [4.69, 9.17) is 0 Å². The number of thiol groups is 4. The van der Waals surface area contributed by atoms with E-state index in [1.54, 1.807) is 0 Å². The minimum Gasteiger partial charge on any atom is -0.179 e. The lowest BCUT2D eigenvalue weighted by molar-refractivity contribution is 0.588. The molecule has 0 spiro atoms. The van der Waals surface area contributed by atoms with Gasteiger partial charge < -0.3 is 0 Å². The maximum absolute atomic E-state index is 4.18. The lowest BCUT2D eigenvalue weighted by Crippen LogP contribution is -1.82. The van der Waals surface area contributed by atoms with Crippen molar-refractivity contribution in [2.45, 2.75) is 61.2 Å². The fourth-order valence-electron chi connectivity index (χ4n) is 1.74. The molecule has 0 amide bonds. The van der Waals surface area contributed by atoms with Crippen LogP contribution in [-0.4, -0.2) is 11.5 Å². The van der Waals surface area contributed by atoms with Crippen LogP contribution in [0, 0.1) is 0 Å². The zero-order chi connectivity index (χ0) is 15.1. The topological polar surface area (TPSA) is 0 Å². The third kappa shape index (κ3) is 15.0. The molecule has 0 aliphatic carbocycles. The first kappa shape index (κ1) is 20.6. The van der Waals surface area contributed by atoms with Gasteiger partial charge in [-0.3, -0.25) is 0 Å². The monoisotopic (exact) mass is 348 g/mol. The standard InChI is InChI=1S/C10H22S2.C6H6S2/c11-9-7-5-3-1-2-4-6-8-10-12;7-5-1-2-6(8)4-3-5/h11-12H,1-10H2;1-4,7-8H. The summed E-state index contributed by atoms with van der Waals surface area (Å²) in [6.07, 6.45) is 11.0. The van der Waals surface area contributed by atoms with Crippen LogP contribution in [0.1, 0.15) is 51.4 Å². The molecule has 4 heteroatoms. The van der Waals surface area contributed by atoms with Crippen LogP contribution >= 0.6 is 50.5 Å². The molecule has 0 unspecified atom stereocenters. The summed E-state index contributed by atoms with van der Waals surface area (Å²) in [7, 11) is 0. The highest BCUT2D eigenvalue weighted by Gasteiger charge is 1.90. The Bertz CT molecular complexity index is 267. The van der Waals surface area contributed by atoms with Crippen LogP contribution in [0.4, 0.5) is 0 Å². The average molecular weight is 349 g/mol. The zero-order valence-corrected chi connectivity index (χ0v) is 15.7. The van der Waals surface area contributed by atoms with E-state index in [1.165, 1.54) is 51.4 Å². The number of rotatable bonds is 9. The fraction of sp³-hybridized carbons (Fsp3) is 0.625. The quantitative estimate of drug-likeness (QED) is 0.295. The van der Waals surface area contributed by atoms with Gasteiger partial charge in [0.2, 0.25) is 0 Å². The van der Waals surface area contributed by atoms with Crippen LogP contribution in [-0.2, 0) is 0 Å². The molecule has 1 rings (SSSR count). The summed E-state index contributed by atoms with van der Waals surface area (Å²) in [5.74, 6) is 2.11. The second-order valence-corrected chi connectivity index (χ2v) is 6.72. The number of benzene rings is 1. The normalized spacial score (nSPS) is 10.0. The van der Waals surface area contributed by atoms with Crippen LogP contribution in [0.25, 0.3) is 0 Å². The SMILES string of the molecule is SCCCCCCCCCCS.Sc1ccc(S)cc1. The lowest BCUT2D eigenvalue weighted by atomic mass is 10.1. The Balaban J connectivity index is 0.000000388. The lowest BCUT2D eigenvalue weighted by Gasteiger charge is -1.99. The van der Waals surface area contributed by atoms with Crippen molar-refractivity contribution in [2.75, 3.05) is 11.5 Å². The van der Waals surface area contributed by atoms with Crippen LogP contribution in [0.2, 0.25) is 0 Å². The highest BCUT2D eigenvalue weighted by molar-refractivity contribution is 7.80. The molecule has 0 nitrogen and oxygen atoms in total. The molecule has 0 aromatic heterocycles. The zero-order valence-electron chi connectivity index (χ0n) is 12.2. The van der Waals surface area contributed by atoms with Gasteiger partial charge in [0.15, 0.2) is 0 Å². The van der Waals surface area contributed by atoms with Crippen LogP contribution in [0.5, 0.6) is 0 Å². The van der Waals surface area contributed by atoms with Gasteiger partial charge in [0.25, 0.3) is 0 Å². The van der Waals surface area contributed by atoms with Crippen molar-refractivity contribution < 1.29 is 0 Å². The van der Waals surface area contributed by atoms with Crippen molar-refractivity contribution in [3.8, 4) is 0 Å². The summed E-state index contributed by atoms with van der Waals surface area (Å²) in [6.45, 7) is 0. The van der Waals surface area contributed by atoms with Crippen molar-refractivity contribution in [1.29, 1.82) is 0 Å². The molecule has 0 aliphatic heterocycles. The van der Waals surface area contributed by atoms with Crippen LogP contribution < -0.4 is 0 Å². The Morgan fingerprint density at radius 1 is 0.500 bits per heavy atom. The third-order valence-corrected chi connectivity index (χ3v) is 4.14. The van der Waals surface area contributed by atoms with Gasteiger partial charge >= 0.3 is 0 Å². The smallest absolute Gasteiger partial charge is 0.00407 e. The van der Waals surface area contributed by atoms with Gasteiger partial charge in [-0.1, -0.05) is 38.5 Å². The second kappa shape index (κ2) is 16.0. The molecule has 0 aliphatic rings. The molecule has 1 aromatic rings. The molecule has 0 N–H and O–H groups in total. The van der Waals surface area contributed by atoms with Crippen molar-refractivity contribution in [3.05, 3.63) is 24.3 Å². The second-order valence-electron chi connectivity index (χ2n) is 4.79. The molecule has 1 aromatic carbocycles. The number of hydrogen-bond donors (Lipinski definition) is 4. The van der Waals surface area contributed by atoms with Gasteiger partial charge in [0.1, 0.15) is 0 Å². The van der Waals surface area contributed by atoms with Crippen molar-refractivity contribution in [2.24, 2.45) is 0 Å². The van der Waals surface area contributed by atoms with Crippen molar-refractivity contribution in [1.82, 2.24) is 0 Å². The molecular formula is C16H28S4. The molecule has 20 heavy (non-hydrogen) atoms. The van der Waals surface area contributed by atoms with Gasteiger partial charge in [0, 0.05) is 9.79 Å². The molecule has 116 valence electrons. The molecule has 0 heterocycles. The van der Waals surface area contributed by atoms with Gasteiger partial charge in [-0.15, -0.1) is 25.3 Å². The first-order chi connectivity index (χ1) is 9.70. The van der Waals surface area contributed by atoms with E-state index in [0.717, 1.165) is 21.3 Å². The number of unbranched alkanes of at least 4 members (excludes halogenated alkanes) is 7. The Morgan fingerprint density at radius 2 is 0.750 bits per heavy atom. The largest absolute Gasteiger partial charge is 0.179 e. The highest BCUT2D eigenvalue weighted by Crippen LogP contribution is 2.10. The fourth-order valence-corrected chi connectivity index (χ4v) is 2.48. The van der Waals surface area contributed by atoms with Gasteiger partial charge in [0.05, 0.1) is 0 Å². The maximum Gasteiger partial charge on any atom is 0.00407 e. The molecule has 0 bridgehead atoms. The predicted molar refractivity (Wildman–Crippen MR) is 106 cm³/mol. The Hall–Kier alpha value is 0.620. The first-order valence-corrected chi connectivity index (χ1v) is 9.56. The van der Waals surface area contributed by atoms with Gasteiger partial charge in [-0.2, -0.15) is 25.3 Å². The van der Waals surface area contributed by atoms with E-state index < -0.39 is 0 Å². The molecule has 0 saturated heterocycles. The van der Waals surface area contributed by atoms with E-state index >= 15 is 0 Å². The predicted octanol–water partition coefficient (Wildman–Crippen LogP) is 6.23. The Labute approximate surface area is 147 Å². The van der Waals surface area contributed by atoms with E-state index in [9.17, 15) is 0 Å². The minimum atomic E-state index is 0.975. The number of hydrogen-bond acceptors (Lipinski definition) is 4. The first-order valence-electron chi connectivity index (χ1n) is 7.40. The van der Waals surface area contributed by atoms with E-state index in [2.05, 4.69) is 50.5 Å². The molecular weight excluding hydrogens is 320 g/mol. The minimum absolute atomic E-state index is 0.975. The molecule has 0 atom stereocenters. The summed E-state index contributed by atoms with van der Waals surface area (Å²) in [5.41, 5.74) is 0. The van der Waals surface area contributed by atoms with Crippen molar-refractivity contribution >= 4 is 50.5 Å².